The number of rotatable bonds is 6. The van der Waals surface area contributed by atoms with E-state index >= 15 is 0 Å². The Morgan fingerprint density at radius 2 is 1.90 bits per heavy atom. The van der Waals surface area contributed by atoms with Crippen LogP contribution in [0, 0.1) is 17.0 Å². The van der Waals surface area contributed by atoms with Gasteiger partial charge in [-0.05, 0) is 31.5 Å². The van der Waals surface area contributed by atoms with E-state index in [1.165, 1.54) is 12.1 Å². The maximum atomic E-state index is 12.8. The molecule has 1 heterocycles. The summed E-state index contributed by atoms with van der Waals surface area (Å²) in [5.74, 6) is -1.34. The van der Waals surface area contributed by atoms with Gasteiger partial charge in [0.25, 0.3) is 11.6 Å². The first kappa shape index (κ1) is 21.5. The topological polar surface area (TPSA) is 98.5 Å². The van der Waals surface area contributed by atoms with Crippen LogP contribution in [0.5, 0.6) is 0 Å². The maximum Gasteiger partial charge on any atom is 0.341 e. The highest BCUT2D eigenvalue weighted by Gasteiger charge is 2.26. The molecule has 3 aromatic rings. The van der Waals surface area contributed by atoms with Crippen LogP contribution in [-0.4, -0.2) is 23.4 Å². The fourth-order valence-electron chi connectivity index (χ4n) is 2.82. The number of hydrogen-bond acceptors (Lipinski definition) is 6. The predicted molar refractivity (Wildman–Crippen MR) is 117 cm³/mol. The van der Waals surface area contributed by atoms with Gasteiger partial charge in [-0.1, -0.05) is 41.4 Å². The molecule has 0 aliphatic carbocycles. The van der Waals surface area contributed by atoms with Gasteiger partial charge in [-0.25, -0.2) is 4.79 Å². The number of aryl methyl sites for hydroxylation is 1. The first-order chi connectivity index (χ1) is 14.3. The number of esters is 1. The van der Waals surface area contributed by atoms with Crippen molar-refractivity contribution >= 4 is 45.5 Å². The molecule has 0 saturated carbocycles. The zero-order chi connectivity index (χ0) is 21.8. The lowest BCUT2D eigenvalue weighted by Crippen LogP contribution is -2.16. The van der Waals surface area contributed by atoms with Crippen molar-refractivity contribution in [2.45, 2.75) is 13.8 Å². The van der Waals surface area contributed by atoms with Gasteiger partial charge in [-0.3, -0.25) is 14.9 Å². The summed E-state index contributed by atoms with van der Waals surface area (Å²) in [6, 6.07) is 11.3. The third-order valence-electron chi connectivity index (χ3n) is 4.26. The Bertz CT molecular complexity index is 1120. The lowest BCUT2D eigenvalue weighted by atomic mass is 10.0. The van der Waals surface area contributed by atoms with Gasteiger partial charge in [-0.15, -0.1) is 11.3 Å². The third-order valence-corrected chi connectivity index (χ3v) is 5.39. The van der Waals surface area contributed by atoms with Crippen LogP contribution < -0.4 is 5.32 Å². The molecule has 30 heavy (non-hydrogen) atoms. The van der Waals surface area contributed by atoms with Gasteiger partial charge in [-0.2, -0.15) is 0 Å². The van der Waals surface area contributed by atoms with Gasteiger partial charge in [0.15, 0.2) is 0 Å². The zero-order valence-corrected chi connectivity index (χ0v) is 17.7. The molecule has 3 rings (SSSR count). The summed E-state index contributed by atoms with van der Waals surface area (Å²) in [6.45, 7) is 3.80. The molecule has 1 N–H and O–H groups in total. The normalized spacial score (nSPS) is 10.5. The zero-order valence-electron chi connectivity index (χ0n) is 16.1. The van der Waals surface area contributed by atoms with E-state index in [1.807, 2.05) is 31.2 Å². The summed E-state index contributed by atoms with van der Waals surface area (Å²) < 4.78 is 5.17. The van der Waals surface area contributed by atoms with E-state index in [1.54, 1.807) is 12.3 Å². The number of nitrogens with zero attached hydrogens (tertiary/aromatic N) is 1. The standard InChI is InChI=1S/C21H17ClN2O5S/c1-3-29-21(26)18-16(13-6-4-12(2)5-7-13)11-30-20(18)23-19(25)15-10-14(22)8-9-17(15)24(27)28/h4-11H,3H2,1-2H3,(H,23,25). The summed E-state index contributed by atoms with van der Waals surface area (Å²) in [6.07, 6.45) is 0. The molecule has 0 saturated heterocycles. The Balaban J connectivity index is 2.03. The molecule has 0 aliphatic heterocycles. The van der Waals surface area contributed by atoms with Gasteiger partial charge in [0.05, 0.1) is 11.5 Å². The number of hydrogen-bond donors (Lipinski definition) is 1. The van der Waals surface area contributed by atoms with Crippen molar-refractivity contribution in [1.29, 1.82) is 0 Å². The van der Waals surface area contributed by atoms with Crippen molar-refractivity contribution in [3.8, 4) is 11.1 Å². The Labute approximate surface area is 181 Å². The molecule has 0 spiro atoms. The minimum atomic E-state index is -0.743. The molecule has 0 aliphatic rings. The van der Waals surface area contributed by atoms with Crippen molar-refractivity contribution in [3.05, 3.63) is 79.7 Å². The van der Waals surface area contributed by atoms with Crippen molar-refractivity contribution in [1.82, 2.24) is 0 Å². The van der Waals surface area contributed by atoms with E-state index in [9.17, 15) is 19.7 Å². The molecule has 0 unspecified atom stereocenters. The van der Waals surface area contributed by atoms with Gasteiger partial charge in [0.1, 0.15) is 16.1 Å². The number of carbonyl (C=O) groups is 2. The highest BCUT2D eigenvalue weighted by Crippen LogP contribution is 2.37. The maximum absolute atomic E-state index is 12.8. The quantitative estimate of drug-likeness (QED) is 0.298. The number of halogens is 1. The second-order valence-electron chi connectivity index (χ2n) is 6.31. The number of amides is 1. The highest BCUT2D eigenvalue weighted by molar-refractivity contribution is 7.15. The Hall–Kier alpha value is -3.23. The first-order valence-electron chi connectivity index (χ1n) is 8.92. The van der Waals surface area contributed by atoms with Gasteiger partial charge < -0.3 is 10.1 Å². The fraction of sp³-hybridized carbons (Fsp3) is 0.143. The van der Waals surface area contributed by atoms with Crippen LogP contribution in [-0.2, 0) is 4.74 Å². The van der Waals surface area contributed by atoms with Crippen LogP contribution in [0.2, 0.25) is 5.02 Å². The van der Waals surface area contributed by atoms with E-state index in [2.05, 4.69) is 5.32 Å². The molecule has 1 amide bonds. The number of carbonyl (C=O) groups excluding carboxylic acids is 2. The van der Waals surface area contributed by atoms with E-state index in [0.29, 0.717) is 5.56 Å². The molecule has 7 nitrogen and oxygen atoms in total. The van der Waals surface area contributed by atoms with E-state index < -0.39 is 16.8 Å². The van der Waals surface area contributed by atoms with Crippen LogP contribution in [0.3, 0.4) is 0 Å². The summed E-state index contributed by atoms with van der Waals surface area (Å²) in [7, 11) is 0. The van der Waals surface area contributed by atoms with Crippen molar-refractivity contribution < 1.29 is 19.2 Å². The van der Waals surface area contributed by atoms with Crippen LogP contribution in [0.15, 0.2) is 47.8 Å². The van der Waals surface area contributed by atoms with Crippen LogP contribution in [0.4, 0.5) is 10.7 Å². The van der Waals surface area contributed by atoms with Crippen LogP contribution in [0.1, 0.15) is 33.2 Å². The number of benzene rings is 2. The number of nitro benzene ring substituents is 1. The molecule has 154 valence electrons. The predicted octanol–water partition coefficient (Wildman–Crippen LogP) is 5.71. The van der Waals surface area contributed by atoms with E-state index in [4.69, 9.17) is 16.3 Å². The largest absolute Gasteiger partial charge is 0.462 e. The molecular weight excluding hydrogens is 428 g/mol. The third kappa shape index (κ3) is 4.50. The average Bonchev–Trinajstić information content (AvgIpc) is 3.12. The second kappa shape index (κ2) is 9.06. The molecule has 9 heteroatoms. The number of nitrogens with one attached hydrogen (secondary N) is 1. The Morgan fingerprint density at radius 1 is 1.20 bits per heavy atom. The molecule has 1 aromatic heterocycles. The average molecular weight is 445 g/mol. The monoisotopic (exact) mass is 444 g/mol. The molecular formula is C21H17ClN2O5S. The number of anilines is 1. The van der Waals surface area contributed by atoms with Crippen molar-refractivity contribution in [3.63, 3.8) is 0 Å². The Morgan fingerprint density at radius 3 is 2.53 bits per heavy atom. The highest BCUT2D eigenvalue weighted by atomic mass is 35.5. The summed E-state index contributed by atoms with van der Waals surface area (Å²) in [5.41, 5.74) is 2.07. The lowest BCUT2D eigenvalue weighted by molar-refractivity contribution is -0.385. The minimum Gasteiger partial charge on any atom is -0.462 e. The number of nitro groups is 1. The van der Waals surface area contributed by atoms with Gasteiger partial charge >= 0.3 is 5.97 Å². The summed E-state index contributed by atoms with van der Waals surface area (Å²) in [5, 5.41) is 16.0. The number of thiophene rings is 1. The molecule has 0 atom stereocenters. The summed E-state index contributed by atoms with van der Waals surface area (Å²) in [4.78, 5) is 36.0. The molecule has 0 fully saturated rings. The Kier molecular flexibility index (Phi) is 6.49. The van der Waals surface area contributed by atoms with Crippen molar-refractivity contribution in [2.75, 3.05) is 11.9 Å². The van der Waals surface area contributed by atoms with Crippen LogP contribution in [0.25, 0.3) is 11.1 Å². The van der Waals surface area contributed by atoms with Gasteiger partial charge in [0.2, 0.25) is 0 Å². The minimum absolute atomic E-state index is 0.162. The smallest absolute Gasteiger partial charge is 0.341 e. The SMILES string of the molecule is CCOC(=O)c1c(-c2ccc(C)cc2)csc1NC(=O)c1cc(Cl)ccc1[N+](=O)[O-]. The van der Waals surface area contributed by atoms with E-state index in [0.717, 1.165) is 28.5 Å². The van der Waals surface area contributed by atoms with Crippen LogP contribution >= 0.6 is 22.9 Å². The van der Waals surface area contributed by atoms with Crippen molar-refractivity contribution in [2.24, 2.45) is 0 Å². The van der Waals surface area contributed by atoms with E-state index in [-0.39, 0.29) is 33.4 Å². The molecule has 2 aromatic carbocycles. The second-order valence-corrected chi connectivity index (χ2v) is 7.63. The molecule has 0 bridgehead atoms. The summed E-state index contributed by atoms with van der Waals surface area (Å²) >= 11 is 7.05. The fourth-order valence-corrected chi connectivity index (χ4v) is 3.95. The first-order valence-corrected chi connectivity index (χ1v) is 10.2. The van der Waals surface area contributed by atoms with Gasteiger partial charge in [0, 0.05) is 22.0 Å². The molecule has 0 radical (unpaired) electrons. The number of ether oxygens (including phenoxy) is 1. The lowest BCUT2D eigenvalue weighted by Gasteiger charge is -2.09.